The lowest BCUT2D eigenvalue weighted by Gasteiger charge is -2.11. The first-order chi connectivity index (χ1) is 13.1. The second-order valence-electron chi connectivity index (χ2n) is 5.91. The van der Waals surface area contributed by atoms with Gasteiger partial charge in [0, 0.05) is 25.1 Å². The van der Waals surface area contributed by atoms with Gasteiger partial charge in [-0.25, -0.2) is 0 Å². The monoisotopic (exact) mass is 403 g/mol. The number of hydrogen-bond donors (Lipinski definition) is 4. The Balaban J connectivity index is 1.81. The molecule has 0 bridgehead atoms. The van der Waals surface area contributed by atoms with Crippen LogP contribution in [0.15, 0.2) is 18.2 Å². The quantitative estimate of drug-likeness (QED) is 0.315. The molecule has 0 aromatic heterocycles. The summed E-state index contributed by atoms with van der Waals surface area (Å²) in [6, 6.07) is 1.93. The summed E-state index contributed by atoms with van der Waals surface area (Å²) >= 11 is 0. The zero-order chi connectivity index (χ0) is 20.9. The molecular weight excluding hydrogens is 387 g/mol. The molecule has 4 N–H and O–H groups in total. The molecule has 152 valence electrons. The first kappa shape index (κ1) is 20.9. The fraction of sp³-hybridized carbons (Fsp3) is 0.400. The van der Waals surface area contributed by atoms with Crippen molar-refractivity contribution in [1.29, 1.82) is 0 Å². The van der Waals surface area contributed by atoms with E-state index in [4.69, 9.17) is 0 Å². The number of nitro groups is 1. The summed E-state index contributed by atoms with van der Waals surface area (Å²) in [5.41, 5.74) is 1.74. The van der Waals surface area contributed by atoms with Gasteiger partial charge < -0.3 is 10.6 Å². The first-order valence-electron chi connectivity index (χ1n) is 8.07. The summed E-state index contributed by atoms with van der Waals surface area (Å²) < 4.78 is 37.9. The molecular formula is C15H16F3N5O5. The van der Waals surface area contributed by atoms with Crippen LogP contribution in [0.5, 0.6) is 0 Å². The Hall–Kier alpha value is -3.38. The van der Waals surface area contributed by atoms with Crippen LogP contribution in [0, 0.1) is 10.1 Å². The first-order valence-corrected chi connectivity index (χ1v) is 8.07. The van der Waals surface area contributed by atoms with Gasteiger partial charge in [-0.1, -0.05) is 0 Å². The molecule has 0 radical (unpaired) electrons. The standard InChI is InChI=1S/C15H16F3N5O5/c16-15(17,18)8-1-4-10(11(7-8)23(27)28)19-6-5-12(24)21-22-14(26)13(25)20-9-2-3-9/h1,4,7,9,19H,2-3,5-6H2,(H,20,25)(H,21,24)(H,22,26). The third kappa shape index (κ3) is 6.10. The minimum atomic E-state index is -4.73. The van der Waals surface area contributed by atoms with E-state index >= 15 is 0 Å². The smallest absolute Gasteiger partial charge is 0.379 e. The maximum Gasteiger partial charge on any atom is 0.416 e. The summed E-state index contributed by atoms with van der Waals surface area (Å²) in [5.74, 6) is -2.65. The number of hydrogen-bond acceptors (Lipinski definition) is 6. The number of amides is 3. The van der Waals surface area contributed by atoms with Crippen LogP contribution >= 0.6 is 0 Å². The number of carbonyl (C=O) groups excluding carboxylic acids is 3. The predicted molar refractivity (Wildman–Crippen MR) is 88.7 cm³/mol. The minimum absolute atomic E-state index is 0.0299. The van der Waals surface area contributed by atoms with Crippen LogP contribution in [-0.4, -0.2) is 35.2 Å². The van der Waals surface area contributed by atoms with Crippen molar-refractivity contribution >= 4 is 29.1 Å². The largest absolute Gasteiger partial charge is 0.416 e. The fourth-order valence-corrected chi connectivity index (χ4v) is 2.04. The second-order valence-corrected chi connectivity index (χ2v) is 5.91. The number of nitrogens with one attached hydrogen (secondary N) is 4. The Morgan fingerprint density at radius 3 is 2.39 bits per heavy atom. The third-order valence-electron chi connectivity index (χ3n) is 3.62. The molecule has 13 heteroatoms. The van der Waals surface area contributed by atoms with Crippen molar-refractivity contribution in [2.75, 3.05) is 11.9 Å². The molecule has 0 unspecified atom stereocenters. The van der Waals surface area contributed by atoms with Gasteiger partial charge in [0.15, 0.2) is 0 Å². The molecule has 1 aromatic carbocycles. The number of alkyl halides is 3. The number of nitro benzene ring substituents is 1. The highest BCUT2D eigenvalue weighted by Gasteiger charge is 2.33. The van der Waals surface area contributed by atoms with Crippen LogP contribution in [0.1, 0.15) is 24.8 Å². The van der Waals surface area contributed by atoms with Gasteiger partial charge in [-0.15, -0.1) is 0 Å². The molecule has 28 heavy (non-hydrogen) atoms. The Labute approximate surface area is 156 Å². The van der Waals surface area contributed by atoms with Crippen LogP contribution in [0.2, 0.25) is 0 Å². The van der Waals surface area contributed by atoms with Crippen LogP contribution < -0.4 is 21.5 Å². The van der Waals surface area contributed by atoms with Gasteiger partial charge in [0.1, 0.15) is 5.69 Å². The Morgan fingerprint density at radius 1 is 1.14 bits per heavy atom. The molecule has 1 aliphatic rings. The lowest BCUT2D eigenvalue weighted by Crippen LogP contribution is -2.49. The van der Waals surface area contributed by atoms with Gasteiger partial charge in [-0.2, -0.15) is 13.2 Å². The summed E-state index contributed by atoms with van der Waals surface area (Å²) in [6.07, 6.45) is -3.43. The average Bonchev–Trinajstić information content (AvgIpc) is 3.42. The Morgan fingerprint density at radius 2 is 1.82 bits per heavy atom. The molecule has 1 aliphatic carbocycles. The van der Waals surface area contributed by atoms with Crippen LogP contribution in [0.3, 0.4) is 0 Å². The summed E-state index contributed by atoms with van der Waals surface area (Å²) in [7, 11) is 0. The molecule has 10 nitrogen and oxygen atoms in total. The molecule has 1 fully saturated rings. The highest BCUT2D eigenvalue weighted by atomic mass is 19.4. The van der Waals surface area contributed by atoms with Crippen LogP contribution in [-0.2, 0) is 20.6 Å². The number of benzene rings is 1. The van der Waals surface area contributed by atoms with Crippen molar-refractivity contribution < 1.29 is 32.5 Å². The highest BCUT2D eigenvalue weighted by Crippen LogP contribution is 2.34. The summed E-state index contributed by atoms with van der Waals surface area (Å²) in [6.45, 7) is -0.165. The Kier molecular flexibility index (Phi) is 6.38. The fourth-order valence-electron chi connectivity index (χ4n) is 2.04. The van der Waals surface area contributed by atoms with E-state index in [1.165, 1.54) is 0 Å². The predicted octanol–water partition coefficient (Wildman–Crippen LogP) is 0.842. The molecule has 0 atom stereocenters. The SMILES string of the molecule is O=C(CCNc1ccc(C(F)(F)F)cc1[N+](=O)[O-])NNC(=O)C(=O)NC1CC1. The van der Waals surface area contributed by atoms with Gasteiger partial charge >= 0.3 is 18.0 Å². The van der Waals surface area contributed by atoms with E-state index in [9.17, 15) is 37.7 Å². The van der Waals surface area contributed by atoms with Gasteiger partial charge in [-0.05, 0) is 25.0 Å². The zero-order valence-corrected chi connectivity index (χ0v) is 14.3. The molecule has 0 saturated heterocycles. The van der Waals surface area contributed by atoms with Crippen molar-refractivity contribution in [3.05, 3.63) is 33.9 Å². The molecule has 0 aliphatic heterocycles. The van der Waals surface area contributed by atoms with Crippen molar-refractivity contribution in [2.24, 2.45) is 0 Å². The molecule has 0 spiro atoms. The molecule has 1 saturated carbocycles. The third-order valence-corrected chi connectivity index (χ3v) is 3.62. The number of halogens is 3. The van der Waals surface area contributed by atoms with Crippen molar-refractivity contribution in [1.82, 2.24) is 16.2 Å². The van der Waals surface area contributed by atoms with E-state index in [1.54, 1.807) is 0 Å². The number of hydrazine groups is 1. The minimum Gasteiger partial charge on any atom is -0.379 e. The highest BCUT2D eigenvalue weighted by molar-refractivity contribution is 6.35. The number of carbonyl (C=O) groups is 3. The lowest BCUT2D eigenvalue weighted by molar-refractivity contribution is -0.384. The van der Waals surface area contributed by atoms with Gasteiger partial charge in [-0.3, -0.25) is 35.3 Å². The van der Waals surface area contributed by atoms with Crippen molar-refractivity contribution in [3.8, 4) is 0 Å². The van der Waals surface area contributed by atoms with Crippen molar-refractivity contribution in [2.45, 2.75) is 31.5 Å². The molecule has 1 aromatic rings. The van der Waals surface area contributed by atoms with E-state index in [2.05, 4.69) is 10.6 Å². The second kappa shape index (κ2) is 8.54. The molecule has 0 heterocycles. The van der Waals surface area contributed by atoms with Crippen molar-refractivity contribution in [3.63, 3.8) is 0 Å². The molecule has 2 rings (SSSR count). The Bertz CT molecular complexity index is 795. The topological polar surface area (TPSA) is 142 Å². The average molecular weight is 403 g/mol. The van der Waals surface area contributed by atoms with Gasteiger partial charge in [0.05, 0.1) is 10.5 Å². The lowest BCUT2D eigenvalue weighted by atomic mass is 10.1. The van der Waals surface area contributed by atoms with Crippen LogP contribution in [0.25, 0.3) is 0 Å². The normalized spacial score (nSPS) is 13.4. The van der Waals surface area contributed by atoms with E-state index in [0.717, 1.165) is 18.9 Å². The van der Waals surface area contributed by atoms with E-state index in [0.29, 0.717) is 12.1 Å². The van der Waals surface area contributed by atoms with Crippen LogP contribution in [0.4, 0.5) is 24.5 Å². The van der Waals surface area contributed by atoms with E-state index < -0.39 is 40.1 Å². The van der Waals surface area contributed by atoms with Gasteiger partial charge in [0.25, 0.3) is 5.69 Å². The van der Waals surface area contributed by atoms with Gasteiger partial charge in [0.2, 0.25) is 5.91 Å². The summed E-state index contributed by atoms with van der Waals surface area (Å²) in [5, 5.41) is 15.9. The maximum absolute atomic E-state index is 12.6. The van der Waals surface area contributed by atoms with E-state index in [1.807, 2.05) is 10.9 Å². The zero-order valence-electron chi connectivity index (χ0n) is 14.3. The summed E-state index contributed by atoms with van der Waals surface area (Å²) in [4.78, 5) is 44.4. The number of rotatable bonds is 6. The van der Waals surface area contributed by atoms with E-state index in [-0.39, 0.29) is 24.7 Å². The molecule has 3 amide bonds. The maximum atomic E-state index is 12.6. The number of anilines is 1. The number of nitrogens with zero attached hydrogens (tertiary/aromatic N) is 1.